The first-order valence-corrected chi connectivity index (χ1v) is 14.8. The van der Waals surface area contributed by atoms with Crippen LogP contribution in [0.4, 0.5) is 0 Å². The maximum atomic E-state index is 10.3. The molecule has 0 aromatic carbocycles. The Kier molecular flexibility index (Phi) is 6.08. The fourth-order valence-corrected chi connectivity index (χ4v) is 10.2. The van der Waals surface area contributed by atoms with Crippen molar-refractivity contribution < 1.29 is 9.84 Å². The highest BCUT2D eigenvalue weighted by atomic mass is 35.5. The molecule has 4 fully saturated rings. The summed E-state index contributed by atoms with van der Waals surface area (Å²) >= 11 is 6.24. The molecule has 190 valence electrons. The smallest absolute Gasteiger partial charge is 0.0765 e. The first-order valence-electron chi connectivity index (χ1n) is 14.3. The predicted octanol–water partition coefficient (Wildman–Crippen LogP) is 6.34. The van der Waals surface area contributed by atoms with E-state index in [1.165, 1.54) is 51.5 Å². The zero-order valence-electron chi connectivity index (χ0n) is 21.9. The summed E-state index contributed by atoms with van der Waals surface area (Å²) in [5, 5.41) is 10.3. The van der Waals surface area contributed by atoms with Crippen molar-refractivity contribution in [2.75, 3.05) is 19.0 Å². The van der Waals surface area contributed by atoms with Gasteiger partial charge in [-0.3, -0.25) is 4.90 Å². The van der Waals surface area contributed by atoms with Crippen LogP contribution in [-0.2, 0) is 4.74 Å². The molecule has 0 amide bonds. The summed E-state index contributed by atoms with van der Waals surface area (Å²) in [5.74, 6) is 4.33. The molecule has 0 aromatic heterocycles. The van der Waals surface area contributed by atoms with Crippen molar-refractivity contribution in [2.45, 2.75) is 109 Å². The number of nitrogens with zero attached hydrogens (tertiary/aromatic N) is 1. The van der Waals surface area contributed by atoms with Crippen molar-refractivity contribution in [1.82, 2.24) is 4.90 Å². The van der Waals surface area contributed by atoms with Gasteiger partial charge in [0.25, 0.3) is 0 Å². The van der Waals surface area contributed by atoms with E-state index in [0.29, 0.717) is 29.4 Å². The summed E-state index contributed by atoms with van der Waals surface area (Å²) in [7, 11) is 0. The average molecular weight is 488 g/mol. The molecular formula is C30H46ClNO2. The third-order valence-corrected chi connectivity index (χ3v) is 11.8. The van der Waals surface area contributed by atoms with Gasteiger partial charge in [0.15, 0.2) is 0 Å². The standard InChI is InChI=1S/C30H46ClNO2/c1-18-13-27-28(32(17-18)12-11-31)20(3)30(34-27)10-8-23-24-6-5-21-14-22(33)7-9-29(21,4)26(24)15-25(23)19(2)16-30/h14,18,20,22-24,26-28,33H,5-13,15-17H2,1-4H3/t18?,20-,22+,23+,24+,26+,27-,28+,29+,30+/m1/s1. The van der Waals surface area contributed by atoms with Crippen molar-refractivity contribution in [3.05, 3.63) is 22.8 Å². The molecular weight excluding hydrogens is 442 g/mol. The zero-order valence-corrected chi connectivity index (χ0v) is 22.6. The van der Waals surface area contributed by atoms with E-state index in [1.54, 1.807) is 16.7 Å². The largest absolute Gasteiger partial charge is 0.389 e. The minimum Gasteiger partial charge on any atom is -0.389 e. The van der Waals surface area contributed by atoms with Crippen molar-refractivity contribution in [1.29, 1.82) is 0 Å². The van der Waals surface area contributed by atoms with Gasteiger partial charge in [0.05, 0.1) is 17.8 Å². The third kappa shape index (κ3) is 3.54. The van der Waals surface area contributed by atoms with E-state index in [2.05, 4.69) is 38.7 Å². The Morgan fingerprint density at radius 2 is 2.03 bits per heavy atom. The van der Waals surface area contributed by atoms with Crippen molar-refractivity contribution in [3.63, 3.8) is 0 Å². The van der Waals surface area contributed by atoms with Gasteiger partial charge in [0.2, 0.25) is 0 Å². The number of rotatable bonds is 2. The molecule has 2 heterocycles. The van der Waals surface area contributed by atoms with Crippen LogP contribution in [0.25, 0.3) is 0 Å². The Balaban J connectivity index is 1.28. The van der Waals surface area contributed by atoms with Crippen LogP contribution in [0, 0.1) is 35.0 Å². The van der Waals surface area contributed by atoms with E-state index in [1.807, 2.05) is 0 Å². The molecule has 2 saturated heterocycles. The minimum atomic E-state index is -0.210. The molecule has 1 unspecified atom stereocenters. The molecule has 0 aromatic rings. The molecule has 6 aliphatic rings. The molecule has 1 N–H and O–H groups in total. The van der Waals surface area contributed by atoms with Gasteiger partial charge in [-0.2, -0.15) is 0 Å². The van der Waals surface area contributed by atoms with Gasteiger partial charge in [-0.25, -0.2) is 0 Å². The third-order valence-electron chi connectivity index (χ3n) is 11.6. The number of aliphatic hydroxyl groups is 1. The van der Waals surface area contributed by atoms with Crippen LogP contribution in [0.15, 0.2) is 22.8 Å². The molecule has 4 heteroatoms. The molecule has 1 spiro atoms. The van der Waals surface area contributed by atoms with Crippen LogP contribution in [0.5, 0.6) is 0 Å². The highest BCUT2D eigenvalue weighted by molar-refractivity contribution is 6.18. The molecule has 2 aliphatic heterocycles. The zero-order chi connectivity index (χ0) is 23.8. The van der Waals surface area contributed by atoms with Crippen LogP contribution in [0.3, 0.4) is 0 Å². The number of fused-ring (bicyclic) bond motifs is 6. The van der Waals surface area contributed by atoms with E-state index in [-0.39, 0.29) is 11.7 Å². The molecule has 2 saturated carbocycles. The van der Waals surface area contributed by atoms with E-state index < -0.39 is 0 Å². The van der Waals surface area contributed by atoms with Gasteiger partial charge in [-0.15, -0.1) is 11.6 Å². The van der Waals surface area contributed by atoms with Crippen molar-refractivity contribution in [3.8, 4) is 0 Å². The maximum absolute atomic E-state index is 10.3. The lowest BCUT2D eigenvalue weighted by Gasteiger charge is -2.49. The summed E-state index contributed by atoms with van der Waals surface area (Å²) in [5.41, 5.74) is 5.36. The van der Waals surface area contributed by atoms with Crippen molar-refractivity contribution >= 4 is 11.6 Å². The molecule has 4 aliphatic carbocycles. The van der Waals surface area contributed by atoms with Gasteiger partial charge in [0.1, 0.15) is 0 Å². The second-order valence-electron chi connectivity index (χ2n) is 13.4. The van der Waals surface area contributed by atoms with Crippen LogP contribution in [0.2, 0.25) is 0 Å². The molecule has 34 heavy (non-hydrogen) atoms. The number of allylic oxidation sites excluding steroid dienone is 2. The summed E-state index contributed by atoms with van der Waals surface area (Å²) in [6, 6.07) is 0.536. The molecule has 10 atom stereocenters. The van der Waals surface area contributed by atoms with Gasteiger partial charge in [-0.1, -0.05) is 43.6 Å². The Labute approximate surface area is 212 Å². The molecule has 3 nitrogen and oxygen atoms in total. The fourth-order valence-electron chi connectivity index (χ4n) is 10.0. The van der Waals surface area contributed by atoms with E-state index in [9.17, 15) is 5.11 Å². The number of hydrogen-bond donors (Lipinski definition) is 1. The molecule has 6 rings (SSSR count). The van der Waals surface area contributed by atoms with Crippen LogP contribution in [-0.4, -0.2) is 52.8 Å². The Hall–Kier alpha value is -0.350. The van der Waals surface area contributed by atoms with Crippen molar-refractivity contribution in [2.24, 2.45) is 35.0 Å². The highest BCUT2D eigenvalue weighted by Gasteiger charge is 2.59. The lowest BCUT2D eigenvalue weighted by molar-refractivity contribution is -0.0790. The van der Waals surface area contributed by atoms with Gasteiger partial charge < -0.3 is 9.84 Å². The van der Waals surface area contributed by atoms with Crippen LogP contribution in [0.1, 0.15) is 85.5 Å². The topological polar surface area (TPSA) is 32.7 Å². The number of hydrogen-bond acceptors (Lipinski definition) is 3. The fraction of sp³-hybridized carbons (Fsp3) is 0.867. The lowest BCUT2D eigenvalue weighted by Crippen LogP contribution is -2.52. The normalized spacial score (nSPS) is 50.9. The maximum Gasteiger partial charge on any atom is 0.0765 e. The summed E-state index contributed by atoms with van der Waals surface area (Å²) in [4.78, 5) is 2.67. The molecule has 0 bridgehead atoms. The van der Waals surface area contributed by atoms with E-state index in [4.69, 9.17) is 16.3 Å². The Morgan fingerprint density at radius 3 is 2.82 bits per heavy atom. The van der Waals surface area contributed by atoms with Gasteiger partial charge >= 0.3 is 0 Å². The molecule has 0 radical (unpaired) electrons. The van der Waals surface area contributed by atoms with Gasteiger partial charge in [0, 0.05) is 30.9 Å². The SMILES string of the molecule is CC1=C2C[C@H]3[C@@H](CCC4=C[C@@H](O)CC[C@@]43C)[C@@H]2CC[C@@]2(C1)O[C@@H]1CC(C)CN(CCCl)[C@H]1[C@H]2C. The number of ether oxygens (including phenoxy) is 1. The average Bonchev–Trinajstić information content (AvgIpc) is 3.25. The predicted molar refractivity (Wildman–Crippen MR) is 139 cm³/mol. The van der Waals surface area contributed by atoms with Gasteiger partial charge in [-0.05, 0) is 93.8 Å². The number of halogens is 1. The first kappa shape index (κ1) is 24.0. The second-order valence-corrected chi connectivity index (χ2v) is 13.8. The number of alkyl halides is 1. The summed E-state index contributed by atoms with van der Waals surface area (Å²) in [6.45, 7) is 12.0. The second kappa shape index (κ2) is 8.61. The van der Waals surface area contributed by atoms with E-state index >= 15 is 0 Å². The monoisotopic (exact) mass is 487 g/mol. The number of piperidine rings is 1. The summed E-state index contributed by atoms with van der Waals surface area (Å²) in [6.07, 6.45) is 13.2. The Morgan fingerprint density at radius 1 is 1.21 bits per heavy atom. The van der Waals surface area contributed by atoms with E-state index in [0.717, 1.165) is 43.0 Å². The highest BCUT2D eigenvalue weighted by Crippen LogP contribution is 2.64. The quantitative estimate of drug-likeness (QED) is 0.364. The Bertz CT molecular complexity index is 883. The summed E-state index contributed by atoms with van der Waals surface area (Å²) < 4.78 is 7.17. The number of likely N-dealkylation sites (tertiary alicyclic amines) is 1. The van der Waals surface area contributed by atoms with Crippen LogP contribution >= 0.6 is 11.6 Å². The number of aliphatic hydroxyl groups excluding tert-OH is 1. The minimum absolute atomic E-state index is 0.0133. The lowest BCUT2D eigenvalue weighted by atomic mass is 9.56. The first-order chi connectivity index (χ1) is 16.3. The van der Waals surface area contributed by atoms with Crippen LogP contribution < -0.4 is 0 Å².